The fourth-order valence-electron chi connectivity index (χ4n) is 1.38. The van der Waals surface area contributed by atoms with Gasteiger partial charge in [0, 0.05) is 0 Å². The Morgan fingerprint density at radius 3 is 2.48 bits per heavy atom. The molecule has 11 heteroatoms. The van der Waals surface area contributed by atoms with Crippen molar-refractivity contribution in [3.8, 4) is 5.75 Å². The number of phenolic OH excluding ortho intramolecular Hbond substituents is 1. The summed E-state index contributed by atoms with van der Waals surface area (Å²) in [6.45, 7) is 0. The SMILES string of the molecule is Nc1nccc(Nc2cc([As](=O)([O-])[O-])ccc2O)n1.[Na+].[Na+]. The summed E-state index contributed by atoms with van der Waals surface area (Å²) in [4.78, 5) is 7.51. The van der Waals surface area contributed by atoms with E-state index < -0.39 is 14.2 Å². The van der Waals surface area contributed by atoms with Crippen LogP contribution in [0.1, 0.15) is 0 Å². The number of nitrogens with one attached hydrogen (secondary N) is 1. The molecule has 0 spiro atoms. The van der Waals surface area contributed by atoms with E-state index in [0.717, 1.165) is 18.2 Å². The van der Waals surface area contributed by atoms with Gasteiger partial charge in [-0.25, -0.2) is 0 Å². The predicted molar refractivity (Wildman–Crippen MR) is 63.9 cm³/mol. The smallest absolute Gasteiger partial charge is 1.00 e. The minimum atomic E-state index is -5.51. The van der Waals surface area contributed by atoms with Crippen molar-refractivity contribution < 1.29 is 76.2 Å². The molecule has 4 N–H and O–H groups in total. The van der Waals surface area contributed by atoms with Crippen LogP contribution in [0.3, 0.4) is 0 Å². The molecule has 1 aromatic heterocycles. The van der Waals surface area contributed by atoms with Crippen LogP contribution in [0, 0.1) is 0 Å². The minimum Gasteiger partial charge on any atom is 1.00 e. The number of anilines is 3. The van der Waals surface area contributed by atoms with E-state index >= 15 is 0 Å². The number of hydrogen-bond acceptors (Lipinski definition) is 8. The van der Waals surface area contributed by atoms with Gasteiger partial charge in [0.15, 0.2) is 0 Å². The van der Waals surface area contributed by atoms with Crippen molar-refractivity contribution in [3.05, 3.63) is 30.5 Å². The molecule has 0 unspecified atom stereocenters. The first kappa shape index (κ1) is 21.0. The molecular formula is C10H9AsN4Na2O4. The third-order valence-electron chi connectivity index (χ3n) is 2.23. The number of aromatic hydroxyl groups is 1. The molecule has 0 atom stereocenters. The van der Waals surface area contributed by atoms with E-state index in [1.54, 1.807) is 0 Å². The molecule has 100 valence electrons. The molecule has 0 saturated heterocycles. The van der Waals surface area contributed by atoms with Gasteiger partial charge in [0.2, 0.25) is 0 Å². The molecule has 0 bridgehead atoms. The molecule has 1 heterocycles. The molecule has 2 rings (SSSR count). The standard InChI is InChI=1S/C10H11AsN4O4.2Na/c12-10-13-4-3-9(15-10)14-7-5-6(11(17,18)19)1-2-8(7)16;;/h1-5,16H,(H2,17,18,19)(H3,12,13,14,15);;/q;2*+1/p-2. The maximum absolute atomic E-state index is 11.0. The predicted octanol–water partition coefficient (Wildman–Crippen LogP) is -8.19. The molecule has 2 aromatic rings. The fourth-order valence-corrected chi connectivity index (χ4v) is 2.52. The van der Waals surface area contributed by atoms with Crippen molar-refractivity contribution in [1.82, 2.24) is 9.97 Å². The van der Waals surface area contributed by atoms with Gasteiger partial charge >= 0.3 is 169 Å². The second-order valence-electron chi connectivity index (χ2n) is 3.62. The number of hydrogen-bond donors (Lipinski definition) is 3. The molecule has 0 saturated carbocycles. The van der Waals surface area contributed by atoms with Crippen LogP contribution in [0.5, 0.6) is 5.75 Å². The van der Waals surface area contributed by atoms with E-state index in [-0.39, 0.29) is 86.7 Å². The first-order valence-electron chi connectivity index (χ1n) is 5.07. The number of benzene rings is 1. The molecule has 8 nitrogen and oxygen atoms in total. The number of rotatable bonds is 3. The summed E-state index contributed by atoms with van der Waals surface area (Å²) in [7, 11) is 0. The van der Waals surface area contributed by atoms with Gasteiger partial charge < -0.3 is 0 Å². The first-order valence-corrected chi connectivity index (χ1v) is 8.31. The topological polar surface area (TPSA) is 147 Å². The van der Waals surface area contributed by atoms with Crippen LogP contribution in [0.15, 0.2) is 30.5 Å². The molecule has 0 aliphatic carbocycles. The fraction of sp³-hybridized carbons (Fsp3) is 0. The van der Waals surface area contributed by atoms with Crippen molar-refractivity contribution in [2.45, 2.75) is 0 Å². The van der Waals surface area contributed by atoms with Crippen molar-refractivity contribution in [2.75, 3.05) is 11.1 Å². The van der Waals surface area contributed by atoms with E-state index in [1.807, 2.05) is 0 Å². The second kappa shape index (κ2) is 8.57. The van der Waals surface area contributed by atoms with E-state index in [2.05, 4.69) is 15.3 Å². The number of nitrogens with zero attached hydrogens (tertiary/aromatic N) is 2. The van der Waals surface area contributed by atoms with Crippen molar-refractivity contribution in [3.63, 3.8) is 0 Å². The maximum Gasteiger partial charge on any atom is 1.00 e. The molecule has 0 aliphatic heterocycles. The van der Waals surface area contributed by atoms with Crippen LogP contribution in [-0.4, -0.2) is 29.2 Å². The number of phenols is 1. The normalized spacial score (nSPS) is 10.2. The molecule has 0 fully saturated rings. The van der Waals surface area contributed by atoms with E-state index in [0.29, 0.717) is 0 Å². The quantitative estimate of drug-likeness (QED) is 0.357. The third kappa shape index (κ3) is 5.94. The van der Waals surface area contributed by atoms with Gasteiger partial charge in [-0.15, -0.1) is 0 Å². The Morgan fingerprint density at radius 2 is 1.90 bits per heavy atom. The van der Waals surface area contributed by atoms with Gasteiger partial charge in [-0.2, -0.15) is 0 Å². The zero-order valence-corrected chi connectivity index (χ0v) is 17.4. The molecule has 0 amide bonds. The second-order valence-corrected chi connectivity index (χ2v) is 6.79. The average Bonchev–Trinajstić information content (AvgIpc) is 2.30. The van der Waals surface area contributed by atoms with Crippen molar-refractivity contribution in [2.24, 2.45) is 0 Å². The van der Waals surface area contributed by atoms with Gasteiger partial charge in [0.1, 0.15) is 0 Å². The Morgan fingerprint density at radius 1 is 1.24 bits per heavy atom. The monoisotopic (exact) mass is 370 g/mol. The maximum atomic E-state index is 11.0. The van der Waals surface area contributed by atoms with Gasteiger partial charge in [-0.3, -0.25) is 0 Å². The number of nitrogens with two attached hydrogens (primary N) is 1. The molecule has 1 aromatic carbocycles. The van der Waals surface area contributed by atoms with Crippen LogP contribution >= 0.6 is 0 Å². The van der Waals surface area contributed by atoms with Crippen molar-refractivity contribution in [1.29, 1.82) is 0 Å². The van der Waals surface area contributed by atoms with Crippen LogP contribution in [-0.2, 0) is 3.74 Å². The van der Waals surface area contributed by atoms with E-state index in [4.69, 9.17) is 5.73 Å². The average molecular weight is 370 g/mol. The molecule has 21 heavy (non-hydrogen) atoms. The van der Waals surface area contributed by atoms with Crippen LogP contribution < -0.4 is 82.7 Å². The zero-order chi connectivity index (χ0) is 14.0. The van der Waals surface area contributed by atoms with Crippen LogP contribution in [0.4, 0.5) is 17.5 Å². The first-order chi connectivity index (χ1) is 8.86. The van der Waals surface area contributed by atoms with E-state index in [9.17, 15) is 17.0 Å². The number of aromatic nitrogens is 2. The Labute approximate surface area is 167 Å². The summed E-state index contributed by atoms with van der Waals surface area (Å²) < 4.78 is 32.6. The zero-order valence-electron chi connectivity index (χ0n) is 11.5. The Bertz CT molecular complexity index is 667. The largest absolute Gasteiger partial charge is 1.00 e. The molecule has 0 aliphatic rings. The Balaban J connectivity index is 0.00000200. The van der Waals surface area contributed by atoms with Crippen LogP contribution in [0.2, 0.25) is 0 Å². The summed E-state index contributed by atoms with van der Waals surface area (Å²) in [5.41, 5.74) is 5.43. The van der Waals surface area contributed by atoms with Gasteiger partial charge in [-0.05, 0) is 0 Å². The molecule has 0 radical (unpaired) electrons. The Kier molecular flexibility index (Phi) is 8.56. The Hall–Kier alpha value is -0.0216. The number of nitrogen functional groups attached to an aromatic ring is 1. The third-order valence-corrected chi connectivity index (χ3v) is 4.14. The van der Waals surface area contributed by atoms with E-state index in [1.165, 1.54) is 12.3 Å². The van der Waals surface area contributed by atoms with Gasteiger partial charge in [-0.1, -0.05) is 0 Å². The van der Waals surface area contributed by atoms with Gasteiger partial charge in [0.05, 0.1) is 0 Å². The summed E-state index contributed by atoms with van der Waals surface area (Å²) in [5, 5.41) is 12.3. The minimum absolute atomic E-state index is 0. The summed E-state index contributed by atoms with van der Waals surface area (Å²) in [5.74, 6) is 0.0619. The van der Waals surface area contributed by atoms with Crippen molar-refractivity contribution >= 4 is 36.0 Å². The van der Waals surface area contributed by atoms with Crippen LogP contribution in [0.25, 0.3) is 0 Å². The molecular weight excluding hydrogens is 361 g/mol. The summed E-state index contributed by atoms with van der Waals surface area (Å²) in [6, 6.07) is 4.69. The summed E-state index contributed by atoms with van der Waals surface area (Å²) in [6.07, 6.45) is 1.39. The van der Waals surface area contributed by atoms with Gasteiger partial charge in [0.25, 0.3) is 0 Å². The summed E-state index contributed by atoms with van der Waals surface area (Å²) >= 11 is -5.51.